The molecule has 2 atom stereocenters. The summed E-state index contributed by atoms with van der Waals surface area (Å²) in [5, 5.41) is 25.9. The monoisotopic (exact) mass is 920 g/mol. The van der Waals surface area contributed by atoms with Gasteiger partial charge >= 0.3 is 0 Å². The molecule has 0 N–H and O–H groups in total. The van der Waals surface area contributed by atoms with E-state index in [1.165, 1.54) is 28.0 Å². The van der Waals surface area contributed by atoms with Crippen LogP contribution in [-0.2, 0) is 16.2 Å². The molecule has 15 heteroatoms. The number of aromatic nitrogens is 9. The molecule has 10 heterocycles. The smallest absolute Gasteiger partial charge is 0.261 e. The Bertz CT molecular complexity index is 2930. The average Bonchev–Trinajstić information content (AvgIpc) is 4.08. The van der Waals surface area contributed by atoms with E-state index in [4.69, 9.17) is 0 Å². The minimum absolute atomic E-state index is 0.0919. The van der Waals surface area contributed by atoms with Crippen molar-refractivity contribution in [3.05, 3.63) is 126 Å². The Balaban J connectivity index is 0.000000140. The fourth-order valence-electron chi connectivity index (χ4n) is 8.50. The Morgan fingerprint density at radius 3 is 2.00 bits per heavy atom. The van der Waals surface area contributed by atoms with E-state index < -0.39 is 0 Å². The highest BCUT2D eigenvalue weighted by molar-refractivity contribution is 6.41. The van der Waals surface area contributed by atoms with Crippen LogP contribution in [0.4, 0.5) is 0 Å². The normalized spacial score (nSPS) is 17.7. The van der Waals surface area contributed by atoms with Crippen LogP contribution < -0.4 is 0 Å². The predicted molar refractivity (Wildman–Crippen MR) is 276 cm³/mol. The second-order valence-corrected chi connectivity index (χ2v) is 22.5. The van der Waals surface area contributed by atoms with Crippen molar-refractivity contribution in [3.8, 4) is 0 Å². The van der Waals surface area contributed by atoms with Crippen molar-refractivity contribution in [2.45, 2.75) is 146 Å². The fraction of sp³-hybridized carbons (Fsp3) is 0.472. The number of nitrogens with zero attached hydrogens (tertiary/aromatic N) is 15. The molecular weight excluding hydrogens is 847 g/mol. The third-order valence-corrected chi connectivity index (χ3v) is 11.4. The van der Waals surface area contributed by atoms with Gasteiger partial charge in [-0.15, -0.1) is 0 Å². The van der Waals surface area contributed by atoms with E-state index in [9.17, 15) is 0 Å². The number of dihydropyridines is 1. The maximum absolute atomic E-state index is 4.56. The molecule has 0 aromatic carbocycles. The van der Waals surface area contributed by atoms with Crippen molar-refractivity contribution in [2.24, 2.45) is 31.0 Å². The molecule has 15 nitrogen and oxygen atoms in total. The van der Waals surface area contributed by atoms with Crippen LogP contribution in [0.25, 0.3) is 16.7 Å². The number of allylic oxidation sites excluding steroid dienone is 3. The van der Waals surface area contributed by atoms with Gasteiger partial charge in [-0.3, -0.25) is 4.98 Å². The molecule has 4 aliphatic rings. The van der Waals surface area contributed by atoms with Gasteiger partial charge in [0, 0.05) is 65.4 Å². The van der Waals surface area contributed by atoms with Crippen LogP contribution >= 0.6 is 0 Å². The summed E-state index contributed by atoms with van der Waals surface area (Å²) in [5.74, 6) is 0. The highest BCUT2D eigenvalue weighted by atomic mass is 15.5. The molecule has 10 rings (SSSR count). The first-order valence-electron chi connectivity index (χ1n) is 23.4. The Kier molecular flexibility index (Phi) is 14.6. The van der Waals surface area contributed by atoms with Crippen LogP contribution in [0.15, 0.2) is 124 Å². The molecule has 0 bridgehead atoms. The van der Waals surface area contributed by atoms with Crippen molar-refractivity contribution in [2.75, 3.05) is 7.05 Å². The number of azo groups is 2. The molecule has 358 valence electrons. The van der Waals surface area contributed by atoms with Crippen LogP contribution in [-0.4, -0.2) is 96.6 Å². The SMILES string of the molecule is CC(C)(C)c1cnn2ccncc12.CC(C)(C)c1cnn2ncccc12.CC1=NC2C=CC=N[N+]2=C1C(C)(C)C.C[N+]1=NC(C(C)(C)C)=C2C=CC=NC21.Cc1nn2cccnc2c1C(C)(C)C. The lowest BCUT2D eigenvalue weighted by molar-refractivity contribution is -0.583. The van der Waals surface area contributed by atoms with Gasteiger partial charge in [-0.2, -0.15) is 25.0 Å². The molecule has 0 radical (unpaired) electrons. The van der Waals surface area contributed by atoms with E-state index in [1.807, 2.05) is 112 Å². The molecule has 0 fully saturated rings. The molecule has 6 aromatic rings. The van der Waals surface area contributed by atoms with Crippen molar-refractivity contribution in [1.29, 1.82) is 0 Å². The van der Waals surface area contributed by atoms with E-state index >= 15 is 0 Å². The fourth-order valence-corrected chi connectivity index (χ4v) is 8.50. The van der Waals surface area contributed by atoms with Gasteiger partial charge in [0.15, 0.2) is 12.7 Å². The third kappa shape index (κ3) is 11.5. The summed E-state index contributed by atoms with van der Waals surface area (Å²) >= 11 is 0. The second-order valence-electron chi connectivity index (χ2n) is 22.5. The number of likely N-dealkylation sites (N-methyl/N-ethyl adjacent to an activating group) is 1. The Hall–Kier alpha value is -6.64. The van der Waals surface area contributed by atoms with E-state index in [-0.39, 0.29) is 39.4 Å². The van der Waals surface area contributed by atoms with Gasteiger partial charge in [-0.05, 0) is 76.7 Å². The van der Waals surface area contributed by atoms with Crippen LogP contribution in [0, 0.1) is 17.8 Å². The standard InChI is InChI=1S/C11H16N3.C11H15N3.C11H16N3.2C10H13N3/c1-11(2,3)9-8-6-5-7-12-10(8)14(4)13-9;1-8-9(11(2,3)4)10-12-6-5-7-14(10)13-8;1-8-10(11(2,3)4)14-9(13-8)6-5-7-12-14;1-10(2,3)8-6-12-13-5-4-11-7-9(8)13;1-10(2,3)8-7-12-13-9(8)5-4-6-11-13/h5-7,10H,1-4H3;5-7H,1-4H3;5-7,9H,1-4H3;2*4-7H,1-3H3/q+1;;+1;;. The molecule has 0 spiro atoms. The van der Waals surface area contributed by atoms with E-state index in [1.54, 1.807) is 17.0 Å². The number of rotatable bonds is 0. The summed E-state index contributed by atoms with van der Waals surface area (Å²) in [7, 11) is 1.97. The zero-order valence-electron chi connectivity index (χ0n) is 43.7. The first-order valence-corrected chi connectivity index (χ1v) is 23.4. The zero-order valence-corrected chi connectivity index (χ0v) is 43.7. The van der Waals surface area contributed by atoms with Crippen LogP contribution in [0.3, 0.4) is 0 Å². The molecule has 4 aliphatic heterocycles. The largest absolute Gasteiger partial charge is 0.298 e. The van der Waals surface area contributed by atoms with Crippen LogP contribution in [0.2, 0.25) is 0 Å². The molecular formula is C53H73N15+2. The van der Waals surface area contributed by atoms with Gasteiger partial charge in [-0.1, -0.05) is 113 Å². The second kappa shape index (κ2) is 19.5. The highest BCUT2D eigenvalue weighted by Crippen LogP contribution is 2.37. The summed E-state index contributed by atoms with van der Waals surface area (Å²) in [6.45, 7) is 36.8. The van der Waals surface area contributed by atoms with Gasteiger partial charge < -0.3 is 0 Å². The molecule has 2 unspecified atom stereocenters. The Morgan fingerprint density at radius 2 is 1.34 bits per heavy atom. The molecule has 0 amide bonds. The van der Waals surface area contributed by atoms with Crippen molar-refractivity contribution in [3.63, 3.8) is 0 Å². The number of hydrogen-bond donors (Lipinski definition) is 0. The maximum Gasteiger partial charge on any atom is 0.298 e. The van der Waals surface area contributed by atoms with Crippen molar-refractivity contribution >= 4 is 40.5 Å². The summed E-state index contributed by atoms with van der Waals surface area (Å²) < 4.78 is 9.30. The van der Waals surface area contributed by atoms with E-state index in [0.29, 0.717) is 0 Å². The van der Waals surface area contributed by atoms with Gasteiger partial charge in [0.25, 0.3) is 12.3 Å². The van der Waals surface area contributed by atoms with Crippen LogP contribution in [0.1, 0.15) is 133 Å². The Labute approximate surface area is 402 Å². The first-order chi connectivity index (χ1) is 31.7. The van der Waals surface area contributed by atoms with Gasteiger partial charge in [-0.25, -0.2) is 24.0 Å². The van der Waals surface area contributed by atoms with Crippen LogP contribution in [0.5, 0.6) is 0 Å². The first kappa shape index (κ1) is 50.8. The topological polar surface area (TPSA) is 146 Å². The van der Waals surface area contributed by atoms with Gasteiger partial charge in [0.1, 0.15) is 11.4 Å². The number of aryl methyl sites for hydroxylation is 1. The number of aliphatic imine (C=N–C) groups is 2. The summed E-state index contributed by atoms with van der Waals surface area (Å²) in [5.41, 5.74) is 13.2. The lowest BCUT2D eigenvalue weighted by Gasteiger charge is -2.17. The predicted octanol–water partition coefficient (Wildman–Crippen LogP) is 10.6. The minimum Gasteiger partial charge on any atom is -0.261 e. The average molecular weight is 920 g/mol. The minimum atomic E-state index is 0.0919. The zero-order chi connectivity index (χ0) is 50.0. The molecule has 0 saturated carbocycles. The van der Waals surface area contributed by atoms with E-state index in [2.05, 4.69) is 173 Å². The summed E-state index contributed by atoms with van der Waals surface area (Å²) in [6, 6.07) is 5.87. The van der Waals surface area contributed by atoms with Crippen molar-refractivity contribution < 1.29 is 9.38 Å². The Morgan fingerprint density at radius 1 is 0.647 bits per heavy atom. The highest BCUT2D eigenvalue weighted by Gasteiger charge is 2.41. The molecule has 6 aromatic heterocycles. The molecule has 0 saturated heterocycles. The number of hydrogen-bond acceptors (Lipinski definition) is 10. The summed E-state index contributed by atoms with van der Waals surface area (Å²) in [4.78, 5) is 17.4. The number of fused-ring (bicyclic) bond motifs is 5. The maximum atomic E-state index is 4.56. The third-order valence-electron chi connectivity index (χ3n) is 11.4. The lowest BCUT2D eigenvalue weighted by atomic mass is 9.87. The molecule has 68 heavy (non-hydrogen) atoms. The quantitative estimate of drug-likeness (QED) is 0.139. The van der Waals surface area contributed by atoms with E-state index in [0.717, 1.165) is 33.8 Å². The lowest BCUT2D eigenvalue weighted by Crippen LogP contribution is -2.33. The number of hydrazone groups is 1. The molecule has 0 aliphatic carbocycles. The summed E-state index contributed by atoms with van der Waals surface area (Å²) in [6.07, 6.45) is 26.7. The van der Waals surface area contributed by atoms with Crippen molar-refractivity contribution in [1.82, 2.24) is 44.0 Å². The van der Waals surface area contributed by atoms with Gasteiger partial charge in [0.05, 0.1) is 52.5 Å². The van der Waals surface area contributed by atoms with Gasteiger partial charge in [0.2, 0.25) is 5.71 Å².